The van der Waals surface area contributed by atoms with Crippen LogP contribution in [0.15, 0.2) is 54.9 Å². The minimum absolute atomic E-state index is 0.172. The number of nitrogens with one attached hydrogen (secondary N) is 3. The third kappa shape index (κ3) is 3.05. The molecule has 0 bridgehead atoms. The molecule has 5 rings (SSSR count). The summed E-state index contributed by atoms with van der Waals surface area (Å²) < 4.78 is 0. The maximum Gasteiger partial charge on any atom is 0.165 e. The van der Waals surface area contributed by atoms with E-state index >= 15 is 0 Å². The summed E-state index contributed by atoms with van der Waals surface area (Å²) in [5, 5.41) is 25.0. The number of benzene rings is 2. The second-order valence-corrected chi connectivity index (χ2v) is 6.97. The third-order valence-corrected chi connectivity index (χ3v) is 5.07. The zero-order valence-corrected chi connectivity index (χ0v) is 15.2. The summed E-state index contributed by atoms with van der Waals surface area (Å²) in [5.74, 6) is 1.46. The number of nitrogens with zero attached hydrogens (tertiary/aromatic N) is 3. The number of para-hydroxylation sites is 1. The molecule has 1 atom stereocenters. The molecule has 0 amide bonds. The van der Waals surface area contributed by atoms with Crippen LogP contribution in [0.5, 0.6) is 5.75 Å². The molecule has 3 heterocycles. The number of aromatic amines is 1. The number of aromatic hydroxyl groups is 1. The van der Waals surface area contributed by atoms with E-state index in [0.29, 0.717) is 17.4 Å². The number of anilines is 1. The van der Waals surface area contributed by atoms with Crippen LogP contribution < -0.4 is 10.6 Å². The quantitative estimate of drug-likeness (QED) is 0.439. The molecule has 140 valence electrons. The molecule has 1 fully saturated rings. The largest absolute Gasteiger partial charge is 0.507 e. The molecule has 1 aliphatic heterocycles. The lowest BCUT2D eigenvalue weighted by atomic mass is 10.1. The fourth-order valence-electron chi connectivity index (χ4n) is 3.58. The van der Waals surface area contributed by atoms with Crippen molar-refractivity contribution in [3.8, 4) is 28.3 Å². The lowest BCUT2D eigenvalue weighted by Gasteiger charge is -2.16. The van der Waals surface area contributed by atoms with Crippen molar-refractivity contribution in [2.45, 2.75) is 12.5 Å². The van der Waals surface area contributed by atoms with Gasteiger partial charge in [0.1, 0.15) is 11.6 Å². The van der Waals surface area contributed by atoms with E-state index in [1.54, 1.807) is 18.3 Å². The van der Waals surface area contributed by atoms with Crippen molar-refractivity contribution >= 4 is 16.7 Å². The first-order valence-electron chi connectivity index (χ1n) is 9.34. The number of H-pyrrole nitrogens is 1. The van der Waals surface area contributed by atoms with Gasteiger partial charge in [0, 0.05) is 29.7 Å². The van der Waals surface area contributed by atoms with Gasteiger partial charge < -0.3 is 15.7 Å². The van der Waals surface area contributed by atoms with Gasteiger partial charge in [0.2, 0.25) is 0 Å². The van der Waals surface area contributed by atoms with Gasteiger partial charge >= 0.3 is 0 Å². The van der Waals surface area contributed by atoms with Crippen LogP contribution in [0.25, 0.3) is 33.4 Å². The first-order valence-corrected chi connectivity index (χ1v) is 9.34. The van der Waals surface area contributed by atoms with Gasteiger partial charge in [-0.05, 0) is 42.8 Å². The molecule has 28 heavy (non-hydrogen) atoms. The van der Waals surface area contributed by atoms with Crippen molar-refractivity contribution in [2.75, 3.05) is 18.4 Å². The molecule has 4 N–H and O–H groups in total. The molecule has 7 heteroatoms. The molecule has 4 aromatic rings. The summed E-state index contributed by atoms with van der Waals surface area (Å²) in [5.41, 5.74) is 3.51. The van der Waals surface area contributed by atoms with Crippen molar-refractivity contribution in [1.29, 1.82) is 0 Å². The lowest BCUT2D eigenvalue weighted by molar-refractivity contribution is 0.477. The first kappa shape index (κ1) is 16.7. The Balaban J connectivity index is 1.67. The highest BCUT2D eigenvalue weighted by atomic mass is 16.3. The molecular weight excluding hydrogens is 352 g/mol. The van der Waals surface area contributed by atoms with Crippen LogP contribution in [-0.4, -0.2) is 44.4 Å². The molecule has 2 aromatic carbocycles. The van der Waals surface area contributed by atoms with Gasteiger partial charge in [-0.2, -0.15) is 5.10 Å². The van der Waals surface area contributed by atoms with E-state index < -0.39 is 0 Å². The van der Waals surface area contributed by atoms with Crippen molar-refractivity contribution in [1.82, 2.24) is 25.5 Å². The zero-order valence-electron chi connectivity index (χ0n) is 15.2. The Morgan fingerprint density at radius 2 is 2.00 bits per heavy atom. The highest BCUT2D eigenvalue weighted by molar-refractivity contribution is 5.94. The Morgan fingerprint density at radius 1 is 1.07 bits per heavy atom. The smallest absolute Gasteiger partial charge is 0.165 e. The molecule has 0 aliphatic carbocycles. The molecule has 1 saturated heterocycles. The lowest BCUT2D eigenvalue weighted by Crippen LogP contribution is -2.23. The van der Waals surface area contributed by atoms with Gasteiger partial charge in [-0.3, -0.25) is 5.10 Å². The Hall–Kier alpha value is -3.45. The van der Waals surface area contributed by atoms with E-state index in [1.807, 2.05) is 30.5 Å². The summed E-state index contributed by atoms with van der Waals surface area (Å²) in [6, 6.07) is 13.6. The molecule has 2 aromatic heterocycles. The number of fused-ring (bicyclic) bond motifs is 1. The Kier molecular flexibility index (Phi) is 4.14. The molecular formula is C21H20N6O. The summed E-state index contributed by atoms with van der Waals surface area (Å²) in [6.45, 7) is 1.89. The summed E-state index contributed by atoms with van der Waals surface area (Å²) >= 11 is 0. The molecule has 0 spiro atoms. The number of hydrogen-bond donors (Lipinski definition) is 4. The molecule has 0 unspecified atom stereocenters. The maximum atomic E-state index is 10.3. The van der Waals surface area contributed by atoms with Gasteiger partial charge in [-0.1, -0.05) is 18.2 Å². The maximum absolute atomic E-state index is 10.3. The SMILES string of the molecule is Oc1ccccc1-c1nc(N[C@H]2CCNC2)c2cc(-c3cn[nH]c3)ccc2n1. The van der Waals surface area contributed by atoms with Crippen LogP contribution in [0, 0.1) is 0 Å². The second kappa shape index (κ2) is 6.94. The van der Waals surface area contributed by atoms with Crippen molar-refractivity contribution in [3.63, 3.8) is 0 Å². The van der Waals surface area contributed by atoms with E-state index in [2.05, 4.69) is 26.9 Å². The van der Waals surface area contributed by atoms with Crippen molar-refractivity contribution in [2.24, 2.45) is 0 Å². The van der Waals surface area contributed by atoms with Crippen LogP contribution >= 0.6 is 0 Å². The fourth-order valence-corrected chi connectivity index (χ4v) is 3.58. The Labute approximate surface area is 161 Å². The number of phenolic OH excluding ortho intramolecular Hbond substituents is 1. The number of aromatic nitrogens is 4. The second-order valence-electron chi connectivity index (χ2n) is 6.97. The highest BCUT2D eigenvalue weighted by Gasteiger charge is 2.18. The van der Waals surface area contributed by atoms with E-state index in [0.717, 1.165) is 47.4 Å². The third-order valence-electron chi connectivity index (χ3n) is 5.07. The van der Waals surface area contributed by atoms with Crippen molar-refractivity contribution in [3.05, 3.63) is 54.9 Å². The van der Waals surface area contributed by atoms with E-state index in [1.165, 1.54) is 0 Å². The van der Waals surface area contributed by atoms with Crippen LogP contribution in [-0.2, 0) is 0 Å². The highest BCUT2D eigenvalue weighted by Crippen LogP contribution is 2.32. The van der Waals surface area contributed by atoms with Crippen molar-refractivity contribution < 1.29 is 5.11 Å². The predicted octanol–water partition coefficient (Wildman–Crippen LogP) is 3.17. The topological polar surface area (TPSA) is 98.8 Å². The number of hydrogen-bond acceptors (Lipinski definition) is 6. The van der Waals surface area contributed by atoms with Gasteiger partial charge in [0.15, 0.2) is 5.82 Å². The Bertz CT molecular complexity index is 1120. The van der Waals surface area contributed by atoms with Crippen LogP contribution in [0.3, 0.4) is 0 Å². The average Bonchev–Trinajstić information content (AvgIpc) is 3.42. The zero-order chi connectivity index (χ0) is 18.9. The predicted molar refractivity (Wildman–Crippen MR) is 109 cm³/mol. The van der Waals surface area contributed by atoms with Gasteiger partial charge in [0.25, 0.3) is 0 Å². The average molecular weight is 372 g/mol. The fraction of sp³-hybridized carbons (Fsp3) is 0.190. The molecule has 0 saturated carbocycles. The van der Waals surface area contributed by atoms with Crippen LogP contribution in [0.1, 0.15) is 6.42 Å². The summed E-state index contributed by atoms with van der Waals surface area (Å²) in [6.07, 6.45) is 4.71. The molecule has 7 nitrogen and oxygen atoms in total. The minimum atomic E-state index is 0.172. The summed E-state index contributed by atoms with van der Waals surface area (Å²) in [7, 11) is 0. The standard InChI is InChI=1S/C21H20N6O/c28-19-4-2-1-3-16(19)20-26-18-6-5-13(14-10-23-24-11-14)9-17(18)21(27-20)25-15-7-8-22-12-15/h1-6,9-11,15,22,28H,7-8,12H2,(H,23,24)(H,25,26,27)/t15-/m0/s1. The van der Waals surface area contributed by atoms with Gasteiger partial charge in [-0.25, -0.2) is 9.97 Å². The van der Waals surface area contributed by atoms with E-state index in [4.69, 9.17) is 9.97 Å². The normalized spacial score (nSPS) is 16.5. The van der Waals surface area contributed by atoms with Gasteiger partial charge in [0.05, 0.1) is 17.3 Å². The monoisotopic (exact) mass is 372 g/mol. The number of rotatable bonds is 4. The minimum Gasteiger partial charge on any atom is -0.507 e. The van der Waals surface area contributed by atoms with E-state index in [9.17, 15) is 5.11 Å². The Morgan fingerprint density at radius 3 is 2.79 bits per heavy atom. The summed E-state index contributed by atoms with van der Waals surface area (Å²) in [4.78, 5) is 9.50. The van der Waals surface area contributed by atoms with Gasteiger partial charge in [-0.15, -0.1) is 0 Å². The number of phenols is 1. The molecule has 0 radical (unpaired) electrons. The first-order chi connectivity index (χ1) is 13.8. The molecule has 1 aliphatic rings. The van der Waals surface area contributed by atoms with Crippen LogP contribution in [0.2, 0.25) is 0 Å². The van der Waals surface area contributed by atoms with E-state index in [-0.39, 0.29) is 5.75 Å². The van der Waals surface area contributed by atoms with Crippen LogP contribution in [0.4, 0.5) is 5.82 Å².